The van der Waals surface area contributed by atoms with Crippen molar-refractivity contribution in [3.05, 3.63) is 163 Å². The van der Waals surface area contributed by atoms with Gasteiger partial charge in [0, 0.05) is 12.4 Å². The molecule has 1 aromatic heterocycles. The fourth-order valence-corrected chi connectivity index (χ4v) is 7.15. The Hall–Kier alpha value is -5.53. The van der Waals surface area contributed by atoms with Gasteiger partial charge in [-0.2, -0.15) is 0 Å². The van der Waals surface area contributed by atoms with Crippen LogP contribution in [0, 0.1) is 6.92 Å². The molecule has 0 aliphatic rings. The Bertz CT molecular complexity index is 2340. The molecule has 7 aromatic carbocycles. The molecule has 0 bridgehead atoms. The van der Waals surface area contributed by atoms with Crippen LogP contribution in [0.1, 0.15) is 30.9 Å². The molecule has 0 unspecified atom stereocenters. The lowest BCUT2D eigenvalue weighted by Gasteiger charge is -2.18. The van der Waals surface area contributed by atoms with Gasteiger partial charge in [-0.1, -0.05) is 129 Å². The number of hydrogen-bond acceptors (Lipinski definition) is 1. The third-order valence-electron chi connectivity index (χ3n) is 9.37. The lowest BCUT2D eigenvalue weighted by Crippen LogP contribution is -1.94. The first-order valence-electron chi connectivity index (χ1n) is 16.1. The molecule has 0 saturated heterocycles. The Morgan fingerprint density at radius 1 is 0.435 bits per heavy atom. The molecule has 8 aromatic rings. The van der Waals surface area contributed by atoms with Crippen LogP contribution in [0.4, 0.5) is 0 Å². The van der Waals surface area contributed by atoms with E-state index in [4.69, 9.17) is 0 Å². The van der Waals surface area contributed by atoms with Gasteiger partial charge in [-0.25, -0.2) is 0 Å². The number of rotatable bonds is 5. The van der Waals surface area contributed by atoms with E-state index in [1.807, 2.05) is 12.4 Å². The van der Waals surface area contributed by atoms with Crippen molar-refractivity contribution in [3.63, 3.8) is 0 Å². The Morgan fingerprint density at radius 3 is 1.54 bits per heavy atom. The Balaban J connectivity index is 1.27. The first-order valence-corrected chi connectivity index (χ1v) is 16.1. The molecule has 0 amide bonds. The summed E-state index contributed by atoms with van der Waals surface area (Å²) in [5.41, 5.74) is 12.7. The molecule has 46 heavy (non-hydrogen) atoms. The molecule has 0 atom stereocenters. The zero-order valence-electron chi connectivity index (χ0n) is 26.5. The topological polar surface area (TPSA) is 12.9 Å². The maximum absolute atomic E-state index is 4.24. The van der Waals surface area contributed by atoms with E-state index in [9.17, 15) is 0 Å². The number of aryl methyl sites for hydroxylation is 1. The molecule has 0 N–H and O–H groups in total. The molecule has 0 fully saturated rings. The standard InChI is InChI=1S/C45H35N/c1-29(2)38-20-19-35(28-43(38)31-21-23-46-24-22-31)33-15-16-34-27-37(18-17-32(34)26-33)45-41-13-6-4-11-39(41)44(36-10-8-9-30(3)25-36)40-12-5-7-14-42(40)45/h4-29H,1-3H3. The van der Waals surface area contributed by atoms with Crippen LogP contribution in [0.15, 0.2) is 152 Å². The Morgan fingerprint density at radius 2 is 0.957 bits per heavy atom. The molecule has 1 nitrogen and oxygen atoms in total. The predicted octanol–water partition coefficient (Wildman–Crippen LogP) is 12.6. The van der Waals surface area contributed by atoms with Crippen molar-refractivity contribution in [2.75, 3.05) is 0 Å². The van der Waals surface area contributed by atoms with Gasteiger partial charge < -0.3 is 0 Å². The van der Waals surface area contributed by atoms with Crippen molar-refractivity contribution in [1.82, 2.24) is 4.98 Å². The van der Waals surface area contributed by atoms with Crippen molar-refractivity contribution in [1.29, 1.82) is 0 Å². The largest absolute Gasteiger partial charge is 0.265 e. The van der Waals surface area contributed by atoms with E-state index in [1.54, 1.807) is 0 Å². The maximum atomic E-state index is 4.24. The van der Waals surface area contributed by atoms with E-state index in [-0.39, 0.29) is 0 Å². The van der Waals surface area contributed by atoms with E-state index in [0.717, 1.165) is 0 Å². The maximum Gasteiger partial charge on any atom is 0.0273 e. The smallest absolute Gasteiger partial charge is 0.0273 e. The average Bonchev–Trinajstić information content (AvgIpc) is 3.10. The van der Waals surface area contributed by atoms with Crippen LogP contribution in [-0.4, -0.2) is 4.98 Å². The molecule has 1 heterocycles. The highest BCUT2D eigenvalue weighted by molar-refractivity contribution is 6.21. The summed E-state index contributed by atoms with van der Waals surface area (Å²) in [5, 5.41) is 7.61. The fourth-order valence-electron chi connectivity index (χ4n) is 7.15. The SMILES string of the molecule is Cc1cccc(-c2c3ccccc3c(-c3ccc4cc(-c5ccc(C(C)C)c(-c6ccncc6)c5)ccc4c3)c3ccccc23)c1. The molecule has 0 saturated carbocycles. The summed E-state index contributed by atoms with van der Waals surface area (Å²) in [4.78, 5) is 4.24. The Labute approximate surface area is 270 Å². The summed E-state index contributed by atoms with van der Waals surface area (Å²) in [6.07, 6.45) is 3.75. The normalized spacial score (nSPS) is 11.6. The van der Waals surface area contributed by atoms with Crippen LogP contribution >= 0.6 is 0 Å². The number of nitrogens with zero attached hydrogens (tertiary/aromatic N) is 1. The van der Waals surface area contributed by atoms with Crippen molar-refractivity contribution >= 4 is 32.3 Å². The summed E-state index contributed by atoms with van der Waals surface area (Å²) in [6, 6.07) is 51.6. The molecule has 0 aliphatic heterocycles. The predicted molar refractivity (Wildman–Crippen MR) is 197 cm³/mol. The zero-order valence-corrected chi connectivity index (χ0v) is 26.5. The second-order valence-corrected chi connectivity index (χ2v) is 12.7. The van der Waals surface area contributed by atoms with Gasteiger partial charge in [0.25, 0.3) is 0 Å². The number of hydrogen-bond donors (Lipinski definition) is 0. The number of benzene rings is 7. The molecule has 0 radical (unpaired) electrons. The number of aromatic nitrogens is 1. The van der Waals surface area contributed by atoms with Crippen LogP contribution in [0.3, 0.4) is 0 Å². The van der Waals surface area contributed by atoms with Crippen molar-refractivity contribution in [2.24, 2.45) is 0 Å². The minimum atomic E-state index is 0.435. The van der Waals surface area contributed by atoms with Crippen molar-refractivity contribution in [2.45, 2.75) is 26.7 Å². The number of fused-ring (bicyclic) bond motifs is 3. The Kier molecular flexibility index (Phi) is 6.96. The third kappa shape index (κ3) is 4.86. The highest BCUT2D eigenvalue weighted by Crippen LogP contribution is 2.44. The van der Waals surface area contributed by atoms with Gasteiger partial charge in [0.2, 0.25) is 0 Å². The molecular weight excluding hydrogens is 555 g/mol. The van der Waals surface area contributed by atoms with Crippen LogP contribution < -0.4 is 0 Å². The van der Waals surface area contributed by atoms with Gasteiger partial charge in [-0.15, -0.1) is 0 Å². The molecular formula is C45H35N. The first kappa shape index (κ1) is 28.0. The quantitative estimate of drug-likeness (QED) is 0.182. The van der Waals surface area contributed by atoms with Gasteiger partial charge >= 0.3 is 0 Å². The van der Waals surface area contributed by atoms with Gasteiger partial charge in [0.1, 0.15) is 0 Å². The van der Waals surface area contributed by atoms with Crippen LogP contribution in [0.5, 0.6) is 0 Å². The summed E-state index contributed by atoms with van der Waals surface area (Å²) >= 11 is 0. The van der Waals surface area contributed by atoms with Gasteiger partial charge in [0.15, 0.2) is 0 Å². The highest BCUT2D eigenvalue weighted by Gasteiger charge is 2.17. The molecule has 0 spiro atoms. The first-order chi connectivity index (χ1) is 22.5. The summed E-state index contributed by atoms with van der Waals surface area (Å²) < 4.78 is 0. The third-order valence-corrected chi connectivity index (χ3v) is 9.37. The minimum absolute atomic E-state index is 0.435. The van der Waals surface area contributed by atoms with Crippen LogP contribution in [-0.2, 0) is 0 Å². The lowest BCUT2D eigenvalue weighted by atomic mass is 9.85. The highest BCUT2D eigenvalue weighted by atomic mass is 14.6. The molecule has 220 valence electrons. The summed E-state index contributed by atoms with van der Waals surface area (Å²) in [5.74, 6) is 0.435. The zero-order chi connectivity index (χ0) is 31.2. The molecule has 8 rings (SSSR count). The second kappa shape index (κ2) is 11.4. The van der Waals surface area contributed by atoms with E-state index in [1.165, 1.54) is 88.0 Å². The van der Waals surface area contributed by atoms with E-state index in [2.05, 4.69) is 165 Å². The average molecular weight is 590 g/mol. The molecule has 0 aliphatic carbocycles. The monoisotopic (exact) mass is 589 g/mol. The summed E-state index contributed by atoms with van der Waals surface area (Å²) in [6.45, 7) is 6.69. The van der Waals surface area contributed by atoms with E-state index in [0.29, 0.717) is 5.92 Å². The minimum Gasteiger partial charge on any atom is -0.265 e. The number of pyridine rings is 1. The van der Waals surface area contributed by atoms with Gasteiger partial charge in [-0.3, -0.25) is 4.98 Å². The van der Waals surface area contributed by atoms with Crippen molar-refractivity contribution in [3.8, 4) is 44.5 Å². The fraction of sp³-hybridized carbons (Fsp3) is 0.0889. The van der Waals surface area contributed by atoms with Gasteiger partial charge in [0.05, 0.1) is 0 Å². The second-order valence-electron chi connectivity index (χ2n) is 12.7. The lowest BCUT2D eigenvalue weighted by molar-refractivity contribution is 0.869. The molecule has 1 heteroatoms. The van der Waals surface area contributed by atoms with E-state index < -0.39 is 0 Å². The van der Waals surface area contributed by atoms with Crippen molar-refractivity contribution < 1.29 is 0 Å². The van der Waals surface area contributed by atoms with Crippen LogP contribution in [0.25, 0.3) is 76.8 Å². The van der Waals surface area contributed by atoms with E-state index >= 15 is 0 Å². The van der Waals surface area contributed by atoms with Crippen LogP contribution in [0.2, 0.25) is 0 Å². The summed E-state index contributed by atoms with van der Waals surface area (Å²) in [7, 11) is 0. The van der Waals surface area contributed by atoms with Gasteiger partial charge in [-0.05, 0) is 126 Å².